The summed E-state index contributed by atoms with van der Waals surface area (Å²) in [5, 5.41) is 4.97. The number of ether oxygens (including phenoxy) is 1. The average molecular weight is 365 g/mol. The highest BCUT2D eigenvalue weighted by molar-refractivity contribution is 7.12. The molecule has 0 unspecified atom stereocenters. The summed E-state index contributed by atoms with van der Waals surface area (Å²) in [6.07, 6.45) is 1.02. The Hall–Kier alpha value is -2.59. The first kappa shape index (κ1) is 18.2. The molecular formula is C22H23NO2S. The van der Waals surface area contributed by atoms with Crippen LogP contribution in [0.25, 0.3) is 0 Å². The van der Waals surface area contributed by atoms with Crippen LogP contribution in [0, 0.1) is 13.8 Å². The predicted octanol–water partition coefficient (Wildman–Crippen LogP) is 5.76. The van der Waals surface area contributed by atoms with Gasteiger partial charge in [0.25, 0.3) is 5.91 Å². The van der Waals surface area contributed by atoms with Gasteiger partial charge in [0.05, 0.1) is 4.88 Å². The Morgan fingerprint density at radius 2 is 1.85 bits per heavy atom. The smallest absolute Gasteiger partial charge is 0.265 e. The molecule has 0 atom stereocenters. The minimum atomic E-state index is -0.0813. The fourth-order valence-electron chi connectivity index (χ4n) is 2.63. The molecule has 0 spiro atoms. The highest BCUT2D eigenvalue weighted by Gasteiger charge is 2.11. The Morgan fingerprint density at radius 3 is 2.58 bits per heavy atom. The molecule has 0 bridgehead atoms. The molecule has 0 saturated heterocycles. The second-order valence-electron chi connectivity index (χ2n) is 6.31. The largest absolute Gasteiger partial charge is 0.489 e. The molecule has 0 aliphatic rings. The second kappa shape index (κ2) is 8.19. The molecule has 3 rings (SSSR count). The standard InChI is InChI=1S/C22H23NO2S/c1-4-17-8-10-19(11-9-17)25-13-18-12-21(26-14-18)22(24)23-20-7-5-6-15(2)16(20)3/h5-12,14H,4,13H2,1-3H3,(H,23,24). The van der Waals surface area contributed by atoms with Crippen LogP contribution in [0.2, 0.25) is 0 Å². The molecule has 1 amide bonds. The van der Waals surface area contributed by atoms with Crippen molar-refractivity contribution in [3.63, 3.8) is 0 Å². The van der Waals surface area contributed by atoms with E-state index in [0.29, 0.717) is 11.5 Å². The maximum Gasteiger partial charge on any atom is 0.265 e. The molecule has 4 heteroatoms. The molecule has 1 heterocycles. The first-order chi connectivity index (χ1) is 12.6. The molecule has 3 nitrogen and oxygen atoms in total. The number of amides is 1. The maximum absolute atomic E-state index is 12.5. The lowest BCUT2D eigenvalue weighted by molar-refractivity contribution is 0.103. The van der Waals surface area contributed by atoms with Crippen LogP contribution >= 0.6 is 11.3 Å². The van der Waals surface area contributed by atoms with E-state index >= 15 is 0 Å². The topological polar surface area (TPSA) is 38.3 Å². The van der Waals surface area contributed by atoms with E-state index in [-0.39, 0.29) is 5.91 Å². The molecule has 1 aromatic heterocycles. The van der Waals surface area contributed by atoms with Gasteiger partial charge in [0.2, 0.25) is 0 Å². The molecule has 26 heavy (non-hydrogen) atoms. The molecule has 0 radical (unpaired) electrons. The van der Waals surface area contributed by atoms with Gasteiger partial charge in [0.15, 0.2) is 0 Å². The molecular weight excluding hydrogens is 342 g/mol. The van der Waals surface area contributed by atoms with E-state index in [4.69, 9.17) is 4.74 Å². The molecule has 3 aromatic rings. The number of anilines is 1. The molecule has 0 saturated carbocycles. The van der Waals surface area contributed by atoms with Crippen LogP contribution in [0.1, 0.15) is 38.8 Å². The molecule has 0 aliphatic heterocycles. The van der Waals surface area contributed by atoms with Gasteiger partial charge >= 0.3 is 0 Å². The van der Waals surface area contributed by atoms with Crippen molar-refractivity contribution in [3.8, 4) is 5.75 Å². The summed E-state index contributed by atoms with van der Waals surface area (Å²) in [6.45, 7) is 6.64. The van der Waals surface area contributed by atoms with Gasteiger partial charge in [0, 0.05) is 11.3 Å². The Morgan fingerprint density at radius 1 is 1.08 bits per heavy atom. The summed E-state index contributed by atoms with van der Waals surface area (Å²) in [5.41, 5.74) is 5.41. The predicted molar refractivity (Wildman–Crippen MR) is 108 cm³/mol. The van der Waals surface area contributed by atoms with Crippen molar-refractivity contribution in [3.05, 3.63) is 81.0 Å². The average Bonchev–Trinajstić information content (AvgIpc) is 3.13. The first-order valence-corrected chi connectivity index (χ1v) is 9.61. The van der Waals surface area contributed by atoms with Gasteiger partial charge in [0.1, 0.15) is 12.4 Å². The second-order valence-corrected chi connectivity index (χ2v) is 7.22. The molecule has 0 fully saturated rings. The third-order valence-corrected chi connectivity index (χ3v) is 5.45. The Kier molecular flexibility index (Phi) is 5.74. The van der Waals surface area contributed by atoms with Gasteiger partial charge in [-0.05, 0) is 66.6 Å². The van der Waals surface area contributed by atoms with Crippen molar-refractivity contribution < 1.29 is 9.53 Å². The third kappa shape index (κ3) is 4.33. The molecule has 0 aliphatic carbocycles. The molecule has 1 N–H and O–H groups in total. The minimum Gasteiger partial charge on any atom is -0.489 e. The Balaban J connectivity index is 1.61. The zero-order valence-electron chi connectivity index (χ0n) is 15.3. The van der Waals surface area contributed by atoms with Gasteiger partial charge in [-0.3, -0.25) is 4.79 Å². The van der Waals surface area contributed by atoms with Crippen LogP contribution in [0.3, 0.4) is 0 Å². The van der Waals surface area contributed by atoms with Gasteiger partial charge in [-0.15, -0.1) is 11.3 Å². The number of thiophene rings is 1. The Bertz CT molecular complexity index is 897. The number of hydrogen-bond acceptors (Lipinski definition) is 3. The van der Waals surface area contributed by atoms with Crippen LogP contribution in [0.5, 0.6) is 5.75 Å². The number of aryl methyl sites for hydroxylation is 2. The van der Waals surface area contributed by atoms with Gasteiger partial charge in [-0.1, -0.05) is 31.2 Å². The van der Waals surface area contributed by atoms with Crippen molar-refractivity contribution in [1.82, 2.24) is 0 Å². The fourth-order valence-corrected chi connectivity index (χ4v) is 3.42. The highest BCUT2D eigenvalue weighted by Crippen LogP contribution is 2.22. The van der Waals surface area contributed by atoms with E-state index in [9.17, 15) is 4.79 Å². The number of hydrogen-bond donors (Lipinski definition) is 1. The summed E-state index contributed by atoms with van der Waals surface area (Å²) < 4.78 is 5.81. The minimum absolute atomic E-state index is 0.0813. The monoisotopic (exact) mass is 365 g/mol. The van der Waals surface area contributed by atoms with Crippen molar-refractivity contribution in [2.45, 2.75) is 33.8 Å². The first-order valence-electron chi connectivity index (χ1n) is 8.73. The van der Waals surface area contributed by atoms with Crippen LogP contribution in [-0.2, 0) is 13.0 Å². The Labute approximate surface area is 158 Å². The number of carbonyl (C=O) groups excluding carboxylic acids is 1. The van der Waals surface area contributed by atoms with Crippen LogP contribution < -0.4 is 10.1 Å². The summed E-state index contributed by atoms with van der Waals surface area (Å²) in [4.78, 5) is 13.2. The summed E-state index contributed by atoms with van der Waals surface area (Å²) in [5.74, 6) is 0.761. The van der Waals surface area contributed by atoms with E-state index in [0.717, 1.165) is 34.5 Å². The molecule has 2 aromatic carbocycles. The lowest BCUT2D eigenvalue weighted by Crippen LogP contribution is -2.11. The highest BCUT2D eigenvalue weighted by atomic mass is 32.1. The summed E-state index contributed by atoms with van der Waals surface area (Å²) in [7, 11) is 0. The van der Waals surface area contributed by atoms with E-state index in [1.165, 1.54) is 16.9 Å². The van der Waals surface area contributed by atoms with Crippen LogP contribution in [0.15, 0.2) is 53.9 Å². The normalized spacial score (nSPS) is 10.6. The zero-order valence-corrected chi connectivity index (χ0v) is 16.2. The van der Waals surface area contributed by atoms with E-state index in [1.54, 1.807) is 0 Å². The lowest BCUT2D eigenvalue weighted by atomic mass is 10.1. The van der Waals surface area contributed by atoms with Gasteiger partial charge in [-0.2, -0.15) is 0 Å². The zero-order chi connectivity index (χ0) is 18.5. The SMILES string of the molecule is CCc1ccc(OCc2csc(C(=O)Nc3cccc(C)c3C)c2)cc1. The van der Waals surface area contributed by atoms with Crippen molar-refractivity contribution in [2.75, 3.05) is 5.32 Å². The van der Waals surface area contributed by atoms with Crippen molar-refractivity contribution in [1.29, 1.82) is 0 Å². The number of benzene rings is 2. The van der Waals surface area contributed by atoms with E-state index < -0.39 is 0 Å². The van der Waals surface area contributed by atoms with E-state index in [1.807, 2.05) is 55.6 Å². The van der Waals surface area contributed by atoms with Crippen molar-refractivity contribution >= 4 is 22.9 Å². The van der Waals surface area contributed by atoms with Gasteiger partial charge < -0.3 is 10.1 Å². The van der Waals surface area contributed by atoms with E-state index in [2.05, 4.69) is 24.4 Å². The lowest BCUT2D eigenvalue weighted by Gasteiger charge is -2.09. The molecule has 134 valence electrons. The summed E-state index contributed by atoms with van der Waals surface area (Å²) >= 11 is 1.44. The summed E-state index contributed by atoms with van der Waals surface area (Å²) in [6, 6.07) is 15.9. The maximum atomic E-state index is 12.5. The van der Waals surface area contributed by atoms with Crippen LogP contribution in [-0.4, -0.2) is 5.91 Å². The quantitative estimate of drug-likeness (QED) is 0.603. The van der Waals surface area contributed by atoms with Gasteiger partial charge in [-0.25, -0.2) is 0 Å². The third-order valence-electron chi connectivity index (χ3n) is 4.47. The fraction of sp³-hybridized carbons (Fsp3) is 0.227. The number of rotatable bonds is 6. The number of nitrogens with one attached hydrogen (secondary N) is 1. The van der Waals surface area contributed by atoms with Crippen LogP contribution in [0.4, 0.5) is 5.69 Å². The van der Waals surface area contributed by atoms with Crippen molar-refractivity contribution in [2.24, 2.45) is 0 Å². The number of carbonyl (C=O) groups is 1.